The first kappa shape index (κ1) is 89.0. The van der Waals surface area contributed by atoms with Crippen molar-refractivity contribution >= 4 is 43.9 Å². The van der Waals surface area contributed by atoms with E-state index in [2.05, 4.69) is 47.9 Å². The van der Waals surface area contributed by atoms with Crippen molar-refractivity contribution in [2.24, 2.45) is 47.3 Å². The van der Waals surface area contributed by atoms with Crippen LogP contribution in [0.15, 0.2) is 60.8 Å². The fourth-order valence-corrected chi connectivity index (χ4v) is 12.1. The lowest BCUT2D eigenvalue weighted by molar-refractivity contribution is -0.390. The second-order valence-electron chi connectivity index (χ2n) is 25.4. The minimum Gasteiger partial charge on any atom is -0.461 e. The van der Waals surface area contributed by atoms with Gasteiger partial charge in [0.1, 0.15) is 24.9 Å². The van der Waals surface area contributed by atoms with Crippen LogP contribution in [0.3, 0.4) is 0 Å². The first-order valence-corrected chi connectivity index (χ1v) is 32.1. The molecule has 13 atom stereocenters. The molecule has 0 spiro atoms. The van der Waals surface area contributed by atoms with Gasteiger partial charge >= 0.3 is 79.6 Å². The molecule has 5 aliphatic carbocycles. The fraction of sp³-hybridized carbons (Fsp3) is 0.759. The van der Waals surface area contributed by atoms with Crippen LogP contribution >= 0.6 is 0 Å². The Labute approximate surface area is 543 Å². The van der Waals surface area contributed by atoms with E-state index in [1.54, 1.807) is 11.6 Å². The molecular weight excluding hydrogens is 1390 g/mol. The van der Waals surface area contributed by atoms with Gasteiger partial charge in [-0.3, -0.25) is 0 Å². The fourth-order valence-electron chi connectivity index (χ4n) is 11.0. The summed E-state index contributed by atoms with van der Waals surface area (Å²) >= 11 is 0. The number of fused-ring (bicyclic) bond motifs is 4. The Hall–Kier alpha value is -5.02. The number of aliphatic hydroxyl groups is 4. The maximum absolute atomic E-state index is 13.2. The number of sulfonamides is 2. The average molecular weight is 1470 g/mol. The van der Waals surface area contributed by atoms with E-state index in [1.807, 2.05) is 0 Å². The highest BCUT2D eigenvalue weighted by Crippen LogP contribution is 2.55. The lowest BCUT2D eigenvalue weighted by Crippen LogP contribution is -2.63. The van der Waals surface area contributed by atoms with Gasteiger partial charge in [-0.05, 0) is 168 Å². The monoisotopic (exact) mass is 1470 g/mol. The molecule has 4 saturated carbocycles. The van der Waals surface area contributed by atoms with Crippen molar-refractivity contribution in [2.75, 3.05) is 19.7 Å². The largest absolute Gasteiger partial charge is 0.511 e. The van der Waals surface area contributed by atoms with E-state index in [-0.39, 0.29) is 65.5 Å². The summed E-state index contributed by atoms with van der Waals surface area (Å²) in [6.07, 6.45) is -18.0. The second-order valence-corrected chi connectivity index (χ2v) is 28.9. The summed E-state index contributed by atoms with van der Waals surface area (Å²) < 4.78 is 290. The number of halogens is 18. The molecule has 0 amide bonds. The number of carbonyl (C=O) groups excluding carboxylic acids is 4. The Morgan fingerprint density at radius 3 is 1.36 bits per heavy atom. The van der Waals surface area contributed by atoms with Gasteiger partial charge in [-0.2, -0.15) is 79.0 Å². The zero-order chi connectivity index (χ0) is 75.5. The molecule has 0 aromatic carbocycles. The highest BCUT2D eigenvalue weighted by Gasteiger charge is 2.74. The highest BCUT2D eigenvalue weighted by molar-refractivity contribution is 7.90. The first-order valence-electron chi connectivity index (χ1n) is 29.1. The molecule has 0 aromatic rings. The van der Waals surface area contributed by atoms with E-state index >= 15 is 0 Å². The third-order valence-electron chi connectivity index (χ3n) is 16.3. The van der Waals surface area contributed by atoms with Crippen LogP contribution in [0.25, 0.3) is 0 Å². The molecule has 0 aromatic heterocycles. The maximum atomic E-state index is 13.2. The summed E-state index contributed by atoms with van der Waals surface area (Å²) in [4.78, 5) is 44.9. The van der Waals surface area contributed by atoms with E-state index in [4.69, 9.17) is 14.6 Å². The Kier molecular flexibility index (Phi) is 31.0. The Balaban J connectivity index is 0.000000608. The van der Waals surface area contributed by atoms with Gasteiger partial charge in [0.15, 0.2) is 11.2 Å². The summed E-state index contributed by atoms with van der Waals surface area (Å²) in [5.41, 5.74) is -22.4. The van der Waals surface area contributed by atoms with Gasteiger partial charge in [0.05, 0.1) is 5.60 Å². The normalized spacial score (nSPS) is 25.2. The van der Waals surface area contributed by atoms with Crippen molar-refractivity contribution in [3.63, 3.8) is 0 Å². The molecule has 13 unspecified atom stereocenters. The number of rotatable bonds is 21. The van der Waals surface area contributed by atoms with Crippen LogP contribution in [-0.2, 0) is 58.2 Å². The van der Waals surface area contributed by atoms with E-state index < -0.39 is 159 Å². The number of alkyl halides is 18. The number of allylic oxidation sites excluding steroid dienone is 2. The van der Waals surface area contributed by atoms with E-state index in [9.17, 15) is 130 Å². The number of nitrogens with one attached hydrogen (secondary N) is 2. The van der Waals surface area contributed by atoms with Gasteiger partial charge in [0, 0.05) is 47.7 Å². The van der Waals surface area contributed by atoms with E-state index in [0.29, 0.717) is 43.9 Å². The number of carbonyl (C=O) groups is 4. The SMILES string of the molecule is C=C(C)C(=O)OC(C)CC(C)(O)C(F)(F)F.C=C(C)C(=O)OC1CC(C(C)(C)O)CC(C(O)(C(F)(F)F)C(F)(F)F)C1.C=C(C)C(=O)OC1CC2CC(CC(C)(O)C(F)(F)F)C1C2.C=C(C)C(=O)OCCNS(=O)(=O)C(F)(F)F.O=S(=O)(NCCC1CC2C=CC1C2)C(F)(F)F. The first-order chi connectivity index (χ1) is 42.8. The van der Waals surface area contributed by atoms with Crippen molar-refractivity contribution < 1.29 is 154 Å². The van der Waals surface area contributed by atoms with Gasteiger partial charge < -0.3 is 39.4 Å². The minimum atomic E-state index is -5.99. The number of esters is 4. The molecule has 96 heavy (non-hydrogen) atoms. The van der Waals surface area contributed by atoms with Gasteiger partial charge in [-0.1, -0.05) is 38.5 Å². The molecule has 0 aliphatic heterocycles. The molecule has 558 valence electrons. The van der Waals surface area contributed by atoms with Gasteiger partial charge in [-0.25, -0.2) is 45.5 Å². The lowest BCUT2D eigenvalue weighted by atomic mass is 9.67. The number of hydrogen-bond acceptors (Lipinski definition) is 16. The average Bonchev–Trinajstić information content (AvgIpc) is 1.02. The molecule has 38 heteroatoms. The summed E-state index contributed by atoms with van der Waals surface area (Å²) in [5.74, 6) is -5.20. The summed E-state index contributed by atoms with van der Waals surface area (Å²) in [5, 5.41) is 38.5. The predicted octanol–water partition coefficient (Wildman–Crippen LogP) is 11.5. The number of ether oxygens (including phenoxy) is 4. The van der Waals surface area contributed by atoms with E-state index in [1.165, 1.54) is 46.3 Å². The van der Waals surface area contributed by atoms with Gasteiger partial charge in [-0.15, -0.1) is 0 Å². The Morgan fingerprint density at radius 2 is 0.979 bits per heavy atom. The van der Waals surface area contributed by atoms with Crippen molar-refractivity contribution in [3.8, 4) is 0 Å². The quantitative estimate of drug-likeness (QED) is 0.0156. The molecule has 0 heterocycles. The Bertz CT molecular complexity index is 2960. The number of hydrogen-bond donors (Lipinski definition) is 6. The summed E-state index contributed by atoms with van der Waals surface area (Å²) in [7, 11) is -10.6. The predicted molar refractivity (Wildman–Crippen MR) is 306 cm³/mol. The summed E-state index contributed by atoms with van der Waals surface area (Å²) in [6, 6.07) is 0. The van der Waals surface area contributed by atoms with Crippen LogP contribution in [0.4, 0.5) is 79.0 Å². The third kappa shape index (κ3) is 25.9. The third-order valence-corrected chi connectivity index (χ3v) is 18.7. The van der Waals surface area contributed by atoms with Crippen LogP contribution in [0.2, 0.25) is 0 Å². The van der Waals surface area contributed by atoms with E-state index in [0.717, 1.165) is 26.2 Å². The molecule has 4 fully saturated rings. The second kappa shape index (κ2) is 33.4. The smallest absolute Gasteiger partial charge is 0.461 e. The van der Waals surface area contributed by atoms with Crippen molar-refractivity contribution in [1.29, 1.82) is 0 Å². The van der Waals surface area contributed by atoms with Crippen LogP contribution in [0.5, 0.6) is 0 Å². The van der Waals surface area contributed by atoms with Gasteiger partial charge in [0.2, 0.25) is 0 Å². The minimum absolute atomic E-state index is 0.0682. The topological polar surface area (TPSA) is 278 Å². The van der Waals surface area contributed by atoms with Crippen LogP contribution < -0.4 is 9.44 Å². The Morgan fingerprint density at radius 1 is 0.531 bits per heavy atom. The van der Waals surface area contributed by atoms with Crippen LogP contribution in [0.1, 0.15) is 133 Å². The zero-order valence-electron chi connectivity index (χ0n) is 53.5. The maximum Gasteiger partial charge on any atom is 0.511 e. The van der Waals surface area contributed by atoms with Crippen molar-refractivity contribution in [2.45, 2.75) is 209 Å². The molecular formula is C58H82F18N2O16S2. The zero-order valence-corrected chi connectivity index (χ0v) is 55.2. The molecule has 18 nitrogen and oxygen atoms in total. The molecule has 5 rings (SSSR count). The molecule has 4 bridgehead atoms. The standard InChI is InChI=1S/C16H22F6O4.C15H21F3O3.C10H14F3NO2S.C10H15F3O3.C7H10F3NO4S/c1-8(2)12(23)26-11-6-9(13(3,4)24)5-10(7-11)14(25,15(17,18)19)16(20,21)22;1-8(2)13(19)21-12-6-9-4-10(11(12)5-9)7-14(3,20)15(16,17)18;11-10(12,13)17(15,16)14-4-3-9-6-7-1-2-8(9)5-7;1-6(2)8(14)16-7(3)5-9(4,15)10(11,12)13;1-5(2)6(12)15-4-3-11-16(13,14)7(8,9)10/h9-11,24-25H,1,5-7H2,2-4H3;9-12,20H,1,4-7H2,2-3H3;1-2,7-9,14H,3-6H2;7,15H,1,5H2,2-4H3;11H,1,3-4H2,2H3. The molecule has 6 N–H and O–H groups in total. The van der Waals surface area contributed by atoms with Crippen LogP contribution in [0, 0.1) is 47.3 Å². The van der Waals surface area contributed by atoms with Crippen molar-refractivity contribution in [1.82, 2.24) is 9.44 Å². The molecule has 5 aliphatic rings. The highest BCUT2D eigenvalue weighted by atomic mass is 32.2. The molecule has 0 radical (unpaired) electrons. The van der Waals surface area contributed by atoms with Crippen molar-refractivity contribution in [3.05, 3.63) is 60.8 Å². The summed E-state index contributed by atoms with van der Waals surface area (Å²) in [6.45, 7) is 22.8. The van der Waals surface area contributed by atoms with Crippen LogP contribution in [-0.4, -0.2) is 157 Å². The lowest BCUT2D eigenvalue weighted by Gasteiger charge is -2.46. The molecule has 0 saturated heterocycles. The van der Waals surface area contributed by atoms with Gasteiger partial charge in [0.25, 0.3) is 5.60 Å².